The van der Waals surface area contributed by atoms with Crippen molar-refractivity contribution in [2.45, 2.75) is 44.0 Å². The number of nitrogens with two attached hydrogens (primary N) is 1. The fraction of sp³-hybridized carbons (Fsp3) is 0.538. The molecule has 0 fully saturated rings. The van der Waals surface area contributed by atoms with Crippen molar-refractivity contribution in [2.75, 3.05) is 5.75 Å². The minimum atomic E-state index is 0.0524. The van der Waals surface area contributed by atoms with E-state index in [0.717, 1.165) is 16.3 Å². The van der Waals surface area contributed by atoms with E-state index < -0.39 is 0 Å². The van der Waals surface area contributed by atoms with E-state index in [2.05, 4.69) is 19.1 Å². The normalized spacial score (nSPS) is 12.8. The smallest absolute Gasteiger partial charge is 0.0545 e. The summed E-state index contributed by atoms with van der Waals surface area (Å²) >= 11 is 8.04. The highest BCUT2D eigenvalue weighted by molar-refractivity contribution is 7.99. The molecule has 0 radical (unpaired) electrons. The monoisotopic (exact) mass is 257 g/mol. The molecule has 0 aliphatic heterocycles. The molecule has 1 rings (SSSR count). The molecule has 90 valence electrons. The Morgan fingerprint density at radius 2 is 2.12 bits per heavy atom. The van der Waals surface area contributed by atoms with Gasteiger partial charge in [-0.25, -0.2) is 0 Å². The van der Waals surface area contributed by atoms with Crippen molar-refractivity contribution in [3.63, 3.8) is 0 Å². The molecule has 0 heterocycles. The van der Waals surface area contributed by atoms with Gasteiger partial charge < -0.3 is 5.73 Å². The Labute approximate surface area is 108 Å². The summed E-state index contributed by atoms with van der Waals surface area (Å²) in [5.74, 6) is 1.14. The van der Waals surface area contributed by atoms with E-state index in [1.165, 1.54) is 24.2 Å². The van der Waals surface area contributed by atoms with Gasteiger partial charge in [-0.2, -0.15) is 0 Å². The number of hydrogen-bond donors (Lipinski definition) is 1. The first-order valence-corrected chi connectivity index (χ1v) is 7.19. The molecular formula is C13H20ClNS. The van der Waals surface area contributed by atoms with Gasteiger partial charge in [0.15, 0.2) is 0 Å². The molecule has 2 N–H and O–H groups in total. The number of unbranched alkanes of at least 4 members (excludes halogenated alkanes) is 2. The quantitative estimate of drug-likeness (QED) is 0.593. The summed E-state index contributed by atoms with van der Waals surface area (Å²) in [6, 6.07) is 6.18. The third-order valence-corrected chi connectivity index (χ3v) is 4.07. The van der Waals surface area contributed by atoms with Crippen LogP contribution in [-0.4, -0.2) is 5.75 Å². The molecule has 0 aliphatic rings. The highest BCUT2D eigenvalue weighted by atomic mass is 35.5. The Bertz CT molecular complexity index is 326. The summed E-state index contributed by atoms with van der Waals surface area (Å²) in [6.07, 6.45) is 3.81. The van der Waals surface area contributed by atoms with Gasteiger partial charge >= 0.3 is 0 Å². The van der Waals surface area contributed by atoms with Gasteiger partial charge in [-0.05, 0) is 36.8 Å². The van der Waals surface area contributed by atoms with Crippen LogP contribution in [0.1, 0.15) is 44.7 Å². The fourth-order valence-electron chi connectivity index (χ4n) is 1.45. The Balaban J connectivity index is 2.54. The number of thioether (sulfide) groups is 1. The standard InChI is InChI=1S/C13H20ClNS/c1-3-4-5-8-16-13-7-6-11(10(2)15)9-12(13)14/h6-7,9-10H,3-5,8,15H2,1-2H3/t10-/m1/s1. The lowest BCUT2D eigenvalue weighted by Gasteiger charge is -2.09. The lowest BCUT2D eigenvalue weighted by atomic mass is 10.1. The van der Waals surface area contributed by atoms with Crippen molar-refractivity contribution in [3.8, 4) is 0 Å². The summed E-state index contributed by atoms with van der Waals surface area (Å²) < 4.78 is 0. The van der Waals surface area contributed by atoms with Gasteiger partial charge in [0, 0.05) is 10.9 Å². The van der Waals surface area contributed by atoms with Gasteiger partial charge in [0.25, 0.3) is 0 Å². The number of benzene rings is 1. The van der Waals surface area contributed by atoms with Crippen LogP contribution in [0.5, 0.6) is 0 Å². The van der Waals surface area contributed by atoms with Crippen LogP contribution < -0.4 is 5.73 Å². The van der Waals surface area contributed by atoms with Gasteiger partial charge in [-0.15, -0.1) is 11.8 Å². The van der Waals surface area contributed by atoms with E-state index in [4.69, 9.17) is 17.3 Å². The largest absolute Gasteiger partial charge is 0.324 e. The number of rotatable bonds is 6. The van der Waals surface area contributed by atoms with E-state index in [-0.39, 0.29) is 6.04 Å². The van der Waals surface area contributed by atoms with Crippen LogP contribution in [0.25, 0.3) is 0 Å². The lowest BCUT2D eigenvalue weighted by molar-refractivity contribution is 0.778. The maximum Gasteiger partial charge on any atom is 0.0545 e. The Kier molecular flexibility index (Phi) is 6.25. The fourth-order valence-corrected chi connectivity index (χ4v) is 2.73. The van der Waals surface area contributed by atoms with E-state index in [9.17, 15) is 0 Å². The van der Waals surface area contributed by atoms with E-state index in [1.54, 1.807) is 0 Å². The van der Waals surface area contributed by atoms with Crippen LogP contribution >= 0.6 is 23.4 Å². The van der Waals surface area contributed by atoms with Crippen molar-refractivity contribution in [3.05, 3.63) is 28.8 Å². The molecule has 1 aromatic carbocycles. The molecule has 16 heavy (non-hydrogen) atoms. The average Bonchev–Trinajstić information content (AvgIpc) is 2.26. The van der Waals surface area contributed by atoms with Crippen molar-refractivity contribution in [1.82, 2.24) is 0 Å². The molecule has 1 nitrogen and oxygen atoms in total. The van der Waals surface area contributed by atoms with Crippen LogP contribution in [-0.2, 0) is 0 Å². The van der Waals surface area contributed by atoms with Crippen LogP contribution in [0.4, 0.5) is 0 Å². The van der Waals surface area contributed by atoms with Gasteiger partial charge in [0.05, 0.1) is 5.02 Å². The summed E-state index contributed by atoms with van der Waals surface area (Å²) in [5, 5.41) is 0.830. The topological polar surface area (TPSA) is 26.0 Å². The second kappa shape index (κ2) is 7.21. The predicted molar refractivity (Wildman–Crippen MR) is 74.3 cm³/mol. The SMILES string of the molecule is CCCCCSc1ccc([C@@H](C)N)cc1Cl. The van der Waals surface area contributed by atoms with Crippen LogP contribution in [0.15, 0.2) is 23.1 Å². The zero-order valence-corrected chi connectivity index (χ0v) is 11.6. The second-order valence-corrected chi connectivity index (χ2v) is 5.58. The molecule has 0 bridgehead atoms. The van der Waals surface area contributed by atoms with Gasteiger partial charge in [0.2, 0.25) is 0 Å². The Morgan fingerprint density at radius 1 is 1.38 bits per heavy atom. The van der Waals surface area contributed by atoms with Crippen LogP contribution in [0, 0.1) is 0 Å². The summed E-state index contributed by atoms with van der Waals surface area (Å²) in [7, 11) is 0. The summed E-state index contributed by atoms with van der Waals surface area (Å²) in [4.78, 5) is 1.17. The van der Waals surface area contributed by atoms with Crippen molar-refractivity contribution >= 4 is 23.4 Å². The first-order chi connectivity index (χ1) is 7.65. The second-order valence-electron chi connectivity index (χ2n) is 4.03. The van der Waals surface area contributed by atoms with Crippen molar-refractivity contribution < 1.29 is 0 Å². The molecule has 0 saturated carbocycles. The average molecular weight is 258 g/mol. The molecule has 0 spiro atoms. The summed E-state index contributed by atoms with van der Waals surface area (Å²) in [6.45, 7) is 4.19. The minimum Gasteiger partial charge on any atom is -0.324 e. The van der Waals surface area contributed by atoms with Gasteiger partial charge in [-0.1, -0.05) is 37.4 Å². The zero-order chi connectivity index (χ0) is 12.0. The number of hydrogen-bond acceptors (Lipinski definition) is 2. The first kappa shape index (κ1) is 13.9. The highest BCUT2D eigenvalue weighted by Crippen LogP contribution is 2.30. The number of halogens is 1. The van der Waals surface area contributed by atoms with E-state index >= 15 is 0 Å². The van der Waals surface area contributed by atoms with Crippen LogP contribution in [0.3, 0.4) is 0 Å². The predicted octanol–water partition coefficient (Wildman–Crippen LogP) is 4.64. The molecule has 3 heteroatoms. The zero-order valence-electron chi connectivity index (χ0n) is 10.0. The van der Waals surface area contributed by atoms with Gasteiger partial charge in [0.1, 0.15) is 0 Å². The minimum absolute atomic E-state index is 0.0524. The van der Waals surface area contributed by atoms with Crippen molar-refractivity contribution in [2.24, 2.45) is 5.73 Å². The lowest BCUT2D eigenvalue weighted by Crippen LogP contribution is -2.04. The molecule has 0 amide bonds. The molecular weight excluding hydrogens is 238 g/mol. The van der Waals surface area contributed by atoms with Gasteiger partial charge in [-0.3, -0.25) is 0 Å². The third kappa shape index (κ3) is 4.36. The van der Waals surface area contributed by atoms with Crippen LogP contribution in [0.2, 0.25) is 5.02 Å². The van der Waals surface area contributed by atoms with E-state index in [1.807, 2.05) is 24.8 Å². The Hall–Kier alpha value is -0.180. The molecule has 0 saturated heterocycles. The molecule has 1 aromatic rings. The Morgan fingerprint density at radius 3 is 2.69 bits per heavy atom. The third-order valence-electron chi connectivity index (χ3n) is 2.49. The molecule has 1 atom stereocenters. The highest BCUT2D eigenvalue weighted by Gasteiger charge is 2.05. The maximum atomic E-state index is 6.21. The molecule has 0 unspecified atom stereocenters. The molecule has 0 aliphatic carbocycles. The first-order valence-electron chi connectivity index (χ1n) is 5.83. The van der Waals surface area contributed by atoms with Crippen molar-refractivity contribution in [1.29, 1.82) is 0 Å². The molecule has 0 aromatic heterocycles. The van der Waals surface area contributed by atoms with E-state index in [0.29, 0.717) is 0 Å². The summed E-state index contributed by atoms with van der Waals surface area (Å²) in [5.41, 5.74) is 6.91. The maximum absolute atomic E-state index is 6.21.